The lowest BCUT2D eigenvalue weighted by Gasteiger charge is -2.21. The molecule has 5 nitrogen and oxygen atoms in total. The first-order valence-electron chi connectivity index (χ1n) is 6.42. The molecule has 0 saturated heterocycles. The number of methoxy groups -OCH3 is 1. The largest absolute Gasteiger partial charge is 0.495 e. The molecule has 2 heterocycles. The quantitative estimate of drug-likeness (QED) is 0.924. The Kier molecular flexibility index (Phi) is 3.43. The third-order valence-electron chi connectivity index (χ3n) is 3.30. The second kappa shape index (κ2) is 5.38. The fourth-order valence-electron chi connectivity index (χ4n) is 2.25. The molecule has 1 aliphatic heterocycles. The highest BCUT2D eigenvalue weighted by atomic mass is 16.6. The van der Waals surface area contributed by atoms with Crippen molar-refractivity contribution in [3.63, 3.8) is 0 Å². The maximum absolute atomic E-state index is 6.32. The van der Waals surface area contributed by atoms with Crippen LogP contribution in [0.2, 0.25) is 0 Å². The van der Waals surface area contributed by atoms with Crippen molar-refractivity contribution < 1.29 is 14.2 Å². The van der Waals surface area contributed by atoms with Gasteiger partial charge in [0.05, 0.1) is 19.3 Å². The molecule has 1 unspecified atom stereocenters. The van der Waals surface area contributed by atoms with Gasteiger partial charge in [-0.15, -0.1) is 0 Å². The molecule has 0 saturated carbocycles. The summed E-state index contributed by atoms with van der Waals surface area (Å²) < 4.78 is 16.4. The number of nitrogens with two attached hydrogens (primary N) is 1. The summed E-state index contributed by atoms with van der Waals surface area (Å²) in [6.07, 6.45) is 3.36. The zero-order chi connectivity index (χ0) is 13.9. The molecule has 0 amide bonds. The zero-order valence-electron chi connectivity index (χ0n) is 11.2. The average molecular weight is 272 g/mol. The predicted octanol–water partition coefficient (Wildman–Crippen LogP) is 1.91. The van der Waals surface area contributed by atoms with Crippen LogP contribution >= 0.6 is 0 Å². The van der Waals surface area contributed by atoms with E-state index in [1.807, 2.05) is 24.3 Å². The van der Waals surface area contributed by atoms with E-state index in [1.165, 1.54) is 0 Å². The molecule has 1 aromatic carbocycles. The molecule has 1 atom stereocenters. The van der Waals surface area contributed by atoms with E-state index in [0.29, 0.717) is 19.0 Å². The molecule has 2 N–H and O–H groups in total. The fourth-order valence-corrected chi connectivity index (χ4v) is 2.25. The van der Waals surface area contributed by atoms with Crippen LogP contribution < -0.4 is 19.9 Å². The zero-order valence-corrected chi connectivity index (χ0v) is 11.2. The third kappa shape index (κ3) is 2.28. The fraction of sp³-hybridized carbons (Fsp3) is 0.267. The molecule has 0 fully saturated rings. The maximum Gasteiger partial charge on any atom is 0.161 e. The van der Waals surface area contributed by atoms with E-state index in [0.717, 1.165) is 22.6 Å². The Balaban J connectivity index is 1.96. The number of ether oxygens (including phenoxy) is 3. The highest BCUT2D eigenvalue weighted by Gasteiger charge is 2.18. The SMILES string of the molecule is COc1cnccc1C(N)c1ccc2c(c1)OCCO2. The molecule has 20 heavy (non-hydrogen) atoms. The summed E-state index contributed by atoms with van der Waals surface area (Å²) in [5, 5.41) is 0. The summed E-state index contributed by atoms with van der Waals surface area (Å²) in [6.45, 7) is 1.14. The minimum absolute atomic E-state index is 0.302. The molecule has 104 valence electrons. The van der Waals surface area contributed by atoms with Crippen molar-refractivity contribution in [1.29, 1.82) is 0 Å². The first kappa shape index (κ1) is 12.7. The monoisotopic (exact) mass is 272 g/mol. The number of hydrogen-bond acceptors (Lipinski definition) is 5. The van der Waals surface area contributed by atoms with Crippen LogP contribution in [-0.4, -0.2) is 25.3 Å². The van der Waals surface area contributed by atoms with Crippen molar-refractivity contribution in [1.82, 2.24) is 4.98 Å². The Morgan fingerprint density at radius 3 is 2.80 bits per heavy atom. The Morgan fingerprint density at radius 1 is 1.20 bits per heavy atom. The minimum atomic E-state index is -0.302. The van der Waals surface area contributed by atoms with E-state index in [2.05, 4.69) is 4.98 Å². The number of rotatable bonds is 3. The molecule has 2 aromatic rings. The van der Waals surface area contributed by atoms with Gasteiger partial charge in [-0.3, -0.25) is 4.98 Å². The van der Waals surface area contributed by atoms with Crippen molar-refractivity contribution in [3.8, 4) is 17.2 Å². The van der Waals surface area contributed by atoms with Crippen LogP contribution in [-0.2, 0) is 0 Å². The molecule has 1 aliphatic rings. The van der Waals surface area contributed by atoms with Crippen molar-refractivity contribution in [3.05, 3.63) is 47.8 Å². The van der Waals surface area contributed by atoms with E-state index in [1.54, 1.807) is 19.5 Å². The van der Waals surface area contributed by atoms with Gasteiger partial charge in [0.2, 0.25) is 0 Å². The van der Waals surface area contributed by atoms with Crippen molar-refractivity contribution in [2.45, 2.75) is 6.04 Å². The van der Waals surface area contributed by atoms with Crippen LogP contribution in [0, 0.1) is 0 Å². The smallest absolute Gasteiger partial charge is 0.161 e. The van der Waals surface area contributed by atoms with Crippen LogP contribution in [0.15, 0.2) is 36.7 Å². The molecule has 5 heteroatoms. The Morgan fingerprint density at radius 2 is 2.00 bits per heavy atom. The normalized spacial score (nSPS) is 14.7. The maximum atomic E-state index is 6.32. The van der Waals surface area contributed by atoms with Gasteiger partial charge in [-0.25, -0.2) is 0 Å². The van der Waals surface area contributed by atoms with Gasteiger partial charge in [0.15, 0.2) is 11.5 Å². The van der Waals surface area contributed by atoms with Crippen molar-refractivity contribution in [2.75, 3.05) is 20.3 Å². The molecular formula is C15H16N2O3. The summed E-state index contributed by atoms with van der Waals surface area (Å²) in [6, 6.07) is 7.30. The summed E-state index contributed by atoms with van der Waals surface area (Å²) in [5.41, 5.74) is 8.15. The van der Waals surface area contributed by atoms with Crippen LogP contribution in [0.25, 0.3) is 0 Å². The van der Waals surface area contributed by atoms with Gasteiger partial charge in [-0.2, -0.15) is 0 Å². The number of benzene rings is 1. The highest BCUT2D eigenvalue weighted by Crippen LogP contribution is 2.35. The molecule has 0 spiro atoms. The van der Waals surface area contributed by atoms with Gasteiger partial charge in [-0.05, 0) is 23.8 Å². The molecular weight excluding hydrogens is 256 g/mol. The second-order valence-electron chi connectivity index (χ2n) is 4.50. The van der Waals surface area contributed by atoms with Crippen molar-refractivity contribution in [2.24, 2.45) is 5.73 Å². The standard InChI is InChI=1S/C15H16N2O3/c1-18-14-9-17-5-4-11(14)15(16)10-2-3-12-13(8-10)20-7-6-19-12/h2-5,8-9,15H,6-7,16H2,1H3. The van der Waals surface area contributed by atoms with Gasteiger partial charge in [0.1, 0.15) is 19.0 Å². The van der Waals surface area contributed by atoms with E-state index in [9.17, 15) is 0 Å². The number of fused-ring (bicyclic) bond motifs is 1. The number of pyridine rings is 1. The molecule has 1 aromatic heterocycles. The van der Waals surface area contributed by atoms with Crippen LogP contribution in [0.5, 0.6) is 17.2 Å². The van der Waals surface area contributed by atoms with Crippen molar-refractivity contribution >= 4 is 0 Å². The number of hydrogen-bond donors (Lipinski definition) is 1. The Hall–Kier alpha value is -2.27. The number of nitrogens with zero attached hydrogens (tertiary/aromatic N) is 1. The summed E-state index contributed by atoms with van der Waals surface area (Å²) >= 11 is 0. The van der Waals surface area contributed by atoms with E-state index in [-0.39, 0.29) is 6.04 Å². The minimum Gasteiger partial charge on any atom is -0.495 e. The Labute approximate surface area is 117 Å². The lowest BCUT2D eigenvalue weighted by atomic mass is 9.99. The molecule has 0 aliphatic carbocycles. The van der Waals surface area contributed by atoms with Gasteiger partial charge in [-0.1, -0.05) is 6.07 Å². The van der Waals surface area contributed by atoms with E-state index in [4.69, 9.17) is 19.9 Å². The number of aromatic nitrogens is 1. The predicted molar refractivity (Wildman–Crippen MR) is 74.3 cm³/mol. The van der Waals surface area contributed by atoms with Gasteiger partial charge >= 0.3 is 0 Å². The lowest BCUT2D eigenvalue weighted by molar-refractivity contribution is 0.171. The topological polar surface area (TPSA) is 66.6 Å². The van der Waals surface area contributed by atoms with Crippen LogP contribution in [0.4, 0.5) is 0 Å². The lowest BCUT2D eigenvalue weighted by Crippen LogP contribution is -2.17. The van der Waals surface area contributed by atoms with Crippen LogP contribution in [0.1, 0.15) is 17.2 Å². The summed E-state index contributed by atoms with van der Waals surface area (Å²) in [4.78, 5) is 4.04. The first-order chi connectivity index (χ1) is 9.79. The van der Waals surface area contributed by atoms with E-state index >= 15 is 0 Å². The van der Waals surface area contributed by atoms with Gasteiger partial charge in [0, 0.05) is 11.8 Å². The second-order valence-corrected chi connectivity index (χ2v) is 4.50. The average Bonchev–Trinajstić information content (AvgIpc) is 2.53. The van der Waals surface area contributed by atoms with Gasteiger partial charge < -0.3 is 19.9 Å². The van der Waals surface area contributed by atoms with Crippen LogP contribution in [0.3, 0.4) is 0 Å². The molecule has 0 bridgehead atoms. The third-order valence-corrected chi connectivity index (χ3v) is 3.30. The molecule has 3 rings (SSSR count). The van der Waals surface area contributed by atoms with Gasteiger partial charge in [0.25, 0.3) is 0 Å². The van der Waals surface area contributed by atoms with E-state index < -0.39 is 0 Å². The highest BCUT2D eigenvalue weighted by molar-refractivity contribution is 5.48. The Bertz CT molecular complexity index is 616. The molecule has 0 radical (unpaired) electrons. The summed E-state index contributed by atoms with van der Waals surface area (Å²) in [7, 11) is 1.61. The first-order valence-corrected chi connectivity index (χ1v) is 6.42. The summed E-state index contributed by atoms with van der Waals surface area (Å²) in [5.74, 6) is 2.17.